The van der Waals surface area contributed by atoms with E-state index >= 15 is 0 Å². The van der Waals surface area contributed by atoms with Crippen molar-refractivity contribution < 1.29 is 9.90 Å². The summed E-state index contributed by atoms with van der Waals surface area (Å²) in [4.78, 5) is 10.4. The molecule has 0 aliphatic carbocycles. The van der Waals surface area contributed by atoms with E-state index in [1.807, 2.05) is 0 Å². The topological polar surface area (TPSA) is 37.3 Å². The Morgan fingerprint density at radius 2 is 2.06 bits per heavy atom. The predicted molar refractivity (Wildman–Crippen MR) is 65.8 cm³/mol. The third-order valence-electron chi connectivity index (χ3n) is 3.21. The van der Waals surface area contributed by atoms with Gasteiger partial charge in [-0.1, -0.05) is 25.1 Å². The molecule has 0 bridgehead atoms. The first kappa shape index (κ1) is 12.8. The lowest BCUT2D eigenvalue weighted by molar-refractivity contribution is -0.137. The van der Waals surface area contributed by atoms with Gasteiger partial charge in [-0.2, -0.15) is 0 Å². The van der Waals surface area contributed by atoms with Crippen molar-refractivity contribution >= 4 is 5.97 Å². The van der Waals surface area contributed by atoms with Crippen LogP contribution >= 0.6 is 0 Å². The summed E-state index contributed by atoms with van der Waals surface area (Å²) in [6.45, 7) is 6.42. The van der Waals surface area contributed by atoms with Crippen LogP contribution < -0.4 is 0 Å². The zero-order chi connectivity index (χ0) is 12.1. The van der Waals surface area contributed by atoms with Gasteiger partial charge in [0.05, 0.1) is 0 Å². The molecule has 1 atom stereocenters. The third kappa shape index (κ3) is 3.37. The molecule has 0 amide bonds. The summed E-state index contributed by atoms with van der Waals surface area (Å²) in [6, 6.07) is 6.34. The van der Waals surface area contributed by atoms with Crippen molar-refractivity contribution in [1.29, 1.82) is 0 Å². The highest BCUT2D eigenvalue weighted by Gasteiger charge is 2.10. The zero-order valence-electron chi connectivity index (χ0n) is 10.3. The maximum absolute atomic E-state index is 10.4. The van der Waals surface area contributed by atoms with Crippen LogP contribution in [0.5, 0.6) is 0 Å². The molecule has 1 aromatic rings. The maximum atomic E-state index is 10.4. The molecule has 0 spiro atoms. The quantitative estimate of drug-likeness (QED) is 0.822. The van der Waals surface area contributed by atoms with E-state index in [4.69, 9.17) is 5.11 Å². The van der Waals surface area contributed by atoms with Gasteiger partial charge in [0.25, 0.3) is 0 Å². The van der Waals surface area contributed by atoms with Gasteiger partial charge in [0.2, 0.25) is 0 Å². The van der Waals surface area contributed by atoms with E-state index in [1.54, 1.807) is 0 Å². The molecule has 16 heavy (non-hydrogen) atoms. The summed E-state index contributed by atoms with van der Waals surface area (Å²) in [6.07, 6.45) is 1.97. The summed E-state index contributed by atoms with van der Waals surface area (Å²) >= 11 is 0. The Morgan fingerprint density at radius 3 is 2.69 bits per heavy atom. The van der Waals surface area contributed by atoms with Crippen molar-refractivity contribution in [3.8, 4) is 0 Å². The second-order valence-electron chi connectivity index (χ2n) is 4.48. The average molecular weight is 220 g/mol. The van der Waals surface area contributed by atoms with Crippen LogP contribution in [0.3, 0.4) is 0 Å². The van der Waals surface area contributed by atoms with Crippen LogP contribution in [-0.2, 0) is 4.79 Å². The Morgan fingerprint density at radius 1 is 1.38 bits per heavy atom. The summed E-state index contributed by atoms with van der Waals surface area (Å²) in [7, 11) is 0. The minimum absolute atomic E-state index is 0.273. The molecule has 0 heterocycles. The third-order valence-corrected chi connectivity index (χ3v) is 3.21. The molecule has 0 saturated carbocycles. The van der Waals surface area contributed by atoms with Crippen LogP contribution in [0.15, 0.2) is 18.2 Å². The number of rotatable bonds is 5. The van der Waals surface area contributed by atoms with Gasteiger partial charge >= 0.3 is 5.97 Å². The number of aliphatic carboxylic acids is 1. The minimum atomic E-state index is -0.701. The number of carboxylic acids is 1. The Kier molecular flexibility index (Phi) is 4.53. The molecule has 0 aliphatic heterocycles. The molecule has 88 valence electrons. The Bertz CT molecular complexity index is 369. The lowest BCUT2D eigenvalue weighted by Crippen LogP contribution is -2.00. The molecule has 0 fully saturated rings. The second-order valence-corrected chi connectivity index (χ2v) is 4.48. The number of hydrogen-bond donors (Lipinski definition) is 1. The normalized spacial score (nSPS) is 12.4. The summed E-state index contributed by atoms with van der Waals surface area (Å²) in [5.74, 6) is -0.257. The molecule has 1 rings (SSSR count). The van der Waals surface area contributed by atoms with E-state index in [0.29, 0.717) is 5.92 Å². The summed E-state index contributed by atoms with van der Waals surface area (Å²) in [5.41, 5.74) is 4.00. The SMILES string of the molecule is Cc1cccc(C(C)CCCC(=O)O)c1C. The van der Waals surface area contributed by atoms with E-state index in [1.165, 1.54) is 16.7 Å². The highest BCUT2D eigenvalue weighted by atomic mass is 16.4. The average Bonchev–Trinajstić information content (AvgIpc) is 2.21. The zero-order valence-corrected chi connectivity index (χ0v) is 10.3. The standard InChI is InChI=1S/C14H20O2/c1-10-6-4-8-13(12(10)3)11(2)7-5-9-14(15)16/h4,6,8,11H,5,7,9H2,1-3H3,(H,15,16). The highest BCUT2D eigenvalue weighted by Crippen LogP contribution is 2.26. The second kappa shape index (κ2) is 5.69. The molecule has 2 nitrogen and oxygen atoms in total. The molecular formula is C14H20O2. The lowest BCUT2D eigenvalue weighted by atomic mass is 9.90. The Balaban J connectivity index is 2.62. The number of benzene rings is 1. The Labute approximate surface area is 97.3 Å². The number of hydrogen-bond acceptors (Lipinski definition) is 1. The van der Waals surface area contributed by atoms with E-state index in [2.05, 4.69) is 39.0 Å². The van der Waals surface area contributed by atoms with Crippen LogP contribution in [0.2, 0.25) is 0 Å². The van der Waals surface area contributed by atoms with Crippen LogP contribution in [0.1, 0.15) is 48.8 Å². The fourth-order valence-corrected chi connectivity index (χ4v) is 2.02. The molecule has 0 radical (unpaired) electrons. The molecule has 1 unspecified atom stereocenters. The van der Waals surface area contributed by atoms with Crippen molar-refractivity contribution in [3.05, 3.63) is 34.9 Å². The van der Waals surface area contributed by atoms with Crippen molar-refractivity contribution in [1.82, 2.24) is 0 Å². The van der Waals surface area contributed by atoms with Gasteiger partial charge in [0.15, 0.2) is 0 Å². The van der Waals surface area contributed by atoms with Gasteiger partial charge < -0.3 is 5.11 Å². The van der Waals surface area contributed by atoms with E-state index in [-0.39, 0.29) is 6.42 Å². The van der Waals surface area contributed by atoms with Crippen molar-refractivity contribution in [2.45, 2.75) is 46.0 Å². The summed E-state index contributed by atoms with van der Waals surface area (Å²) in [5, 5.41) is 8.60. The number of aryl methyl sites for hydroxylation is 1. The van der Waals surface area contributed by atoms with E-state index < -0.39 is 5.97 Å². The Hall–Kier alpha value is -1.31. The van der Waals surface area contributed by atoms with Crippen LogP contribution in [0.25, 0.3) is 0 Å². The fraction of sp³-hybridized carbons (Fsp3) is 0.500. The lowest BCUT2D eigenvalue weighted by Gasteiger charge is -2.15. The summed E-state index contributed by atoms with van der Waals surface area (Å²) < 4.78 is 0. The number of carbonyl (C=O) groups is 1. The van der Waals surface area contributed by atoms with Gasteiger partial charge in [-0.15, -0.1) is 0 Å². The predicted octanol–water partition coefficient (Wildman–Crippen LogP) is 3.66. The van der Waals surface area contributed by atoms with Crippen molar-refractivity contribution in [2.24, 2.45) is 0 Å². The minimum Gasteiger partial charge on any atom is -0.481 e. The molecule has 2 heteroatoms. The van der Waals surface area contributed by atoms with Crippen LogP contribution in [-0.4, -0.2) is 11.1 Å². The van der Waals surface area contributed by atoms with Crippen LogP contribution in [0, 0.1) is 13.8 Å². The first-order valence-corrected chi connectivity index (χ1v) is 5.80. The van der Waals surface area contributed by atoms with Crippen LogP contribution in [0.4, 0.5) is 0 Å². The number of carboxylic acid groups (broad SMARTS) is 1. The molecule has 1 aromatic carbocycles. The molecule has 0 saturated heterocycles. The smallest absolute Gasteiger partial charge is 0.303 e. The largest absolute Gasteiger partial charge is 0.481 e. The monoisotopic (exact) mass is 220 g/mol. The van der Waals surface area contributed by atoms with Gasteiger partial charge in [-0.25, -0.2) is 0 Å². The molecule has 0 aliphatic rings. The van der Waals surface area contributed by atoms with Crippen molar-refractivity contribution in [3.63, 3.8) is 0 Å². The van der Waals surface area contributed by atoms with Crippen molar-refractivity contribution in [2.75, 3.05) is 0 Å². The fourth-order valence-electron chi connectivity index (χ4n) is 2.02. The highest BCUT2D eigenvalue weighted by molar-refractivity contribution is 5.66. The van der Waals surface area contributed by atoms with Gasteiger partial charge in [-0.05, 0) is 49.3 Å². The van der Waals surface area contributed by atoms with Gasteiger partial charge in [0.1, 0.15) is 0 Å². The van der Waals surface area contributed by atoms with Gasteiger partial charge in [-0.3, -0.25) is 4.79 Å². The first-order chi connectivity index (χ1) is 7.52. The molecular weight excluding hydrogens is 200 g/mol. The maximum Gasteiger partial charge on any atom is 0.303 e. The first-order valence-electron chi connectivity index (χ1n) is 5.80. The van der Waals surface area contributed by atoms with E-state index in [9.17, 15) is 4.79 Å². The van der Waals surface area contributed by atoms with E-state index in [0.717, 1.165) is 12.8 Å². The van der Waals surface area contributed by atoms with Gasteiger partial charge in [0, 0.05) is 6.42 Å². The molecule has 1 N–H and O–H groups in total. The molecule has 0 aromatic heterocycles.